The van der Waals surface area contributed by atoms with Crippen molar-refractivity contribution in [1.29, 1.82) is 0 Å². The average molecular weight is 859 g/mol. The standard InChI is InChI=1S/C37H70N4O18/c1-47-15-8-39-34(44)57-26-23-54-30-37(31-55-24-27-58-35(45)40-9-16-48-2,32-56-25-28-59-36(46)41-10-17-49-3)29-53-22-21-51-14-6-7-33(43)38-11-18-52-20-19-50-13-5-4-12-42/h12H,4-11,13-32H2,1-3H3,(H,38,43)(H,39,44)(H,40,45)(H,41,46). The molecule has 0 unspecified atom stereocenters. The average Bonchev–Trinajstić information content (AvgIpc) is 3.22. The lowest BCUT2D eigenvalue weighted by Gasteiger charge is -2.33. The van der Waals surface area contributed by atoms with Crippen LogP contribution in [0.2, 0.25) is 0 Å². The van der Waals surface area contributed by atoms with Crippen molar-refractivity contribution < 1.29 is 85.6 Å². The van der Waals surface area contributed by atoms with Crippen molar-refractivity contribution in [2.45, 2.75) is 25.7 Å². The second kappa shape index (κ2) is 42.7. The van der Waals surface area contributed by atoms with E-state index in [1.54, 1.807) is 0 Å². The Morgan fingerprint density at radius 3 is 1.19 bits per heavy atom. The van der Waals surface area contributed by atoms with Crippen LogP contribution >= 0.6 is 0 Å². The fraction of sp³-hybridized carbons (Fsp3) is 0.865. The van der Waals surface area contributed by atoms with Crippen LogP contribution in [0.25, 0.3) is 0 Å². The number of carbonyl (C=O) groups excluding carboxylic acids is 5. The van der Waals surface area contributed by atoms with Crippen LogP contribution in [0.1, 0.15) is 25.7 Å². The molecule has 0 aromatic rings. The molecule has 22 nitrogen and oxygen atoms in total. The molecule has 59 heavy (non-hydrogen) atoms. The van der Waals surface area contributed by atoms with Gasteiger partial charge in [-0.2, -0.15) is 0 Å². The van der Waals surface area contributed by atoms with Crippen molar-refractivity contribution in [2.24, 2.45) is 5.41 Å². The monoisotopic (exact) mass is 858 g/mol. The summed E-state index contributed by atoms with van der Waals surface area (Å²) in [5.41, 5.74) is -0.909. The highest BCUT2D eigenvalue weighted by Crippen LogP contribution is 2.21. The number of amides is 4. The van der Waals surface area contributed by atoms with Gasteiger partial charge in [0.25, 0.3) is 0 Å². The zero-order valence-corrected chi connectivity index (χ0v) is 35.2. The van der Waals surface area contributed by atoms with Crippen LogP contribution < -0.4 is 21.3 Å². The summed E-state index contributed by atoms with van der Waals surface area (Å²) in [6, 6.07) is 0. The van der Waals surface area contributed by atoms with E-state index in [0.29, 0.717) is 98.3 Å². The molecule has 0 bridgehead atoms. The first-order chi connectivity index (χ1) is 28.8. The predicted octanol–water partition coefficient (Wildman–Crippen LogP) is 0.0823. The number of ether oxygens (including phenoxy) is 13. The van der Waals surface area contributed by atoms with Crippen molar-refractivity contribution in [1.82, 2.24) is 21.3 Å². The van der Waals surface area contributed by atoms with Gasteiger partial charge in [-0.05, 0) is 12.8 Å². The number of carbonyl (C=O) groups is 5. The molecular formula is C37H70N4O18. The molecule has 0 aliphatic carbocycles. The topological polar surface area (TPSA) is 253 Å². The number of nitrogens with one attached hydrogen (secondary N) is 4. The summed E-state index contributed by atoms with van der Waals surface area (Å²) >= 11 is 0. The van der Waals surface area contributed by atoms with E-state index in [1.807, 2.05) is 0 Å². The van der Waals surface area contributed by atoms with Crippen LogP contribution in [0.15, 0.2) is 0 Å². The molecule has 0 fully saturated rings. The molecule has 0 heterocycles. The van der Waals surface area contributed by atoms with Crippen molar-refractivity contribution in [3.63, 3.8) is 0 Å². The molecule has 0 saturated heterocycles. The van der Waals surface area contributed by atoms with Crippen LogP contribution in [0, 0.1) is 5.41 Å². The van der Waals surface area contributed by atoms with Crippen molar-refractivity contribution in [2.75, 3.05) is 180 Å². The SMILES string of the molecule is COCCNC(=O)OCCOCC(COCCOCCCC(=O)NCCOCCOCCCC=O)(COCCOC(=O)NCCOC)COCCOC(=O)NCCOC. The van der Waals surface area contributed by atoms with E-state index in [1.165, 1.54) is 21.3 Å². The normalized spacial score (nSPS) is 11.2. The van der Waals surface area contributed by atoms with Gasteiger partial charge in [-0.3, -0.25) is 4.79 Å². The molecule has 0 aliphatic rings. The van der Waals surface area contributed by atoms with E-state index in [0.717, 1.165) is 6.29 Å². The maximum absolute atomic E-state index is 12.1. The smallest absolute Gasteiger partial charge is 0.407 e. The minimum Gasteiger partial charge on any atom is -0.447 e. The molecule has 0 aliphatic heterocycles. The Balaban J connectivity index is 4.99. The molecule has 22 heteroatoms. The van der Waals surface area contributed by atoms with Gasteiger partial charge in [-0.1, -0.05) is 0 Å². The van der Waals surface area contributed by atoms with Gasteiger partial charge in [0.05, 0.1) is 105 Å². The number of rotatable bonds is 43. The van der Waals surface area contributed by atoms with E-state index in [-0.39, 0.29) is 91.6 Å². The first-order valence-electron chi connectivity index (χ1n) is 19.8. The van der Waals surface area contributed by atoms with Gasteiger partial charge in [-0.25, -0.2) is 14.4 Å². The zero-order chi connectivity index (χ0) is 43.3. The minimum atomic E-state index is -0.909. The molecule has 346 valence electrons. The molecule has 0 spiro atoms. The molecule has 4 amide bonds. The van der Waals surface area contributed by atoms with Gasteiger partial charge in [0.15, 0.2) is 0 Å². The van der Waals surface area contributed by atoms with Gasteiger partial charge < -0.3 is 87.6 Å². The number of alkyl carbamates (subject to hydrolysis) is 3. The van der Waals surface area contributed by atoms with Crippen LogP contribution in [0.4, 0.5) is 14.4 Å². The number of hydrogen-bond acceptors (Lipinski definition) is 18. The number of methoxy groups -OCH3 is 3. The van der Waals surface area contributed by atoms with Gasteiger partial charge in [-0.15, -0.1) is 0 Å². The number of unbranched alkanes of at least 4 members (excludes halogenated alkanes) is 1. The summed E-state index contributed by atoms with van der Waals surface area (Å²) in [7, 11) is 4.56. The lowest BCUT2D eigenvalue weighted by Crippen LogP contribution is -2.43. The molecule has 0 saturated carbocycles. The van der Waals surface area contributed by atoms with E-state index in [9.17, 15) is 24.0 Å². The van der Waals surface area contributed by atoms with E-state index < -0.39 is 23.7 Å². The minimum absolute atomic E-state index is 0.0322. The molecular weight excluding hydrogens is 788 g/mol. The van der Waals surface area contributed by atoms with Crippen molar-refractivity contribution >= 4 is 30.5 Å². The largest absolute Gasteiger partial charge is 0.447 e. The van der Waals surface area contributed by atoms with Gasteiger partial charge in [0.1, 0.15) is 26.1 Å². The quantitative estimate of drug-likeness (QED) is 0.0360. The van der Waals surface area contributed by atoms with Gasteiger partial charge in [0.2, 0.25) is 5.91 Å². The highest BCUT2D eigenvalue weighted by molar-refractivity contribution is 5.75. The Morgan fingerprint density at radius 2 is 0.780 bits per heavy atom. The van der Waals surface area contributed by atoms with Gasteiger partial charge in [0, 0.05) is 73.6 Å². The molecule has 0 atom stereocenters. The molecule has 0 aromatic carbocycles. The Labute approximate surface area is 347 Å². The highest BCUT2D eigenvalue weighted by atomic mass is 16.6. The maximum Gasteiger partial charge on any atom is 0.407 e. The fourth-order valence-electron chi connectivity index (χ4n) is 4.40. The summed E-state index contributed by atoms with van der Waals surface area (Å²) < 4.78 is 70.3. The summed E-state index contributed by atoms with van der Waals surface area (Å²) in [5, 5.41) is 10.5. The zero-order valence-electron chi connectivity index (χ0n) is 35.2. The summed E-state index contributed by atoms with van der Waals surface area (Å²) in [5.74, 6) is -0.116. The Hall–Kier alpha value is -3.45. The van der Waals surface area contributed by atoms with Gasteiger partial charge >= 0.3 is 18.3 Å². The third-order valence-corrected chi connectivity index (χ3v) is 7.36. The lowest BCUT2D eigenvalue weighted by molar-refractivity contribution is -0.122. The highest BCUT2D eigenvalue weighted by Gasteiger charge is 2.33. The molecule has 4 N–H and O–H groups in total. The Kier molecular flexibility index (Phi) is 40.2. The molecule has 0 aromatic heterocycles. The maximum atomic E-state index is 12.1. The fourth-order valence-corrected chi connectivity index (χ4v) is 4.40. The second-order valence-corrected chi connectivity index (χ2v) is 12.5. The van der Waals surface area contributed by atoms with E-state index in [2.05, 4.69) is 21.3 Å². The predicted molar refractivity (Wildman–Crippen MR) is 209 cm³/mol. The summed E-state index contributed by atoms with van der Waals surface area (Å²) in [6.45, 7) is 5.06. The Morgan fingerprint density at radius 1 is 0.424 bits per heavy atom. The second-order valence-electron chi connectivity index (χ2n) is 12.5. The lowest BCUT2D eigenvalue weighted by atomic mass is 9.92. The molecule has 0 rings (SSSR count). The van der Waals surface area contributed by atoms with E-state index >= 15 is 0 Å². The third kappa shape index (κ3) is 38.5. The van der Waals surface area contributed by atoms with Crippen LogP contribution in [0.5, 0.6) is 0 Å². The first-order valence-corrected chi connectivity index (χ1v) is 19.8. The van der Waals surface area contributed by atoms with Crippen LogP contribution in [-0.2, 0) is 71.2 Å². The molecule has 0 radical (unpaired) electrons. The first kappa shape index (κ1) is 55.5. The van der Waals surface area contributed by atoms with Crippen molar-refractivity contribution in [3.8, 4) is 0 Å². The number of hydrogen-bond donors (Lipinski definition) is 4. The van der Waals surface area contributed by atoms with Crippen LogP contribution in [0.3, 0.4) is 0 Å². The summed E-state index contributed by atoms with van der Waals surface area (Å²) in [4.78, 5) is 58.1. The number of aldehydes is 1. The van der Waals surface area contributed by atoms with E-state index in [4.69, 9.17) is 61.6 Å². The van der Waals surface area contributed by atoms with Crippen molar-refractivity contribution in [3.05, 3.63) is 0 Å². The van der Waals surface area contributed by atoms with Crippen LogP contribution in [-0.4, -0.2) is 210 Å². The third-order valence-electron chi connectivity index (χ3n) is 7.36. The Bertz CT molecular complexity index is 953. The summed E-state index contributed by atoms with van der Waals surface area (Å²) in [6.07, 6.45) is 0.967.